The van der Waals surface area contributed by atoms with Crippen molar-refractivity contribution in [1.29, 1.82) is 0 Å². The van der Waals surface area contributed by atoms with Crippen LogP contribution < -0.4 is 11.1 Å². The first kappa shape index (κ1) is 15.5. The fourth-order valence-corrected chi connectivity index (χ4v) is 2.91. The van der Waals surface area contributed by atoms with Crippen LogP contribution in [-0.2, 0) is 4.79 Å². The number of thiophene rings is 1. The van der Waals surface area contributed by atoms with Gasteiger partial charge >= 0.3 is 0 Å². The Hall–Kier alpha value is -0.580. The van der Waals surface area contributed by atoms with E-state index >= 15 is 0 Å². The number of nitrogens with one attached hydrogen (secondary N) is 1. The number of halogens is 1. The number of carbonyl (C=O) groups is 1. The molecule has 0 spiro atoms. The number of carbonyl (C=O) groups excluding carboxylic acids is 1. The standard InChI is InChI=1S/C13H21ClN2OS/c1-8(2)6-10(7-15)13(17)16-9(3)11-4-5-12(14)18-11/h4-5,8-10H,6-7,15H2,1-3H3,(H,16,17). The molecule has 5 heteroatoms. The van der Waals surface area contributed by atoms with Crippen LogP contribution in [0.15, 0.2) is 12.1 Å². The van der Waals surface area contributed by atoms with Gasteiger partial charge in [-0.05, 0) is 31.4 Å². The van der Waals surface area contributed by atoms with Crippen molar-refractivity contribution in [3.63, 3.8) is 0 Å². The van der Waals surface area contributed by atoms with Crippen LogP contribution in [0.2, 0.25) is 4.34 Å². The molecule has 2 atom stereocenters. The highest BCUT2D eigenvalue weighted by Crippen LogP contribution is 2.27. The van der Waals surface area contributed by atoms with Gasteiger partial charge in [-0.25, -0.2) is 0 Å². The Morgan fingerprint density at radius 1 is 1.44 bits per heavy atom. The maximum atomic E-state index is 12.1. The van der Waals surface area contributed by atoms with Gasteiger partial charge in [0.2, 0.25) is 5.91 Å². The number of nitrogens with two attached hydrogens (primary N) is 1. The molecule has 1 rings (SSSR count). The van der Waals surface area contributed by atoms with Gasteiger partial charge in [0, 0.05) is 11.4 Å². The Morgan fingerprint density at radius 3 is 2.56 bits per heavy atom. The number of amides is 1. The maximum Gasteiger partial charge on any atom is 0.224 e. The third-order valence-electron chi connectivity index (χ3n) is 2.79. The molecule has 0 fully saturated rings. The van der Waals surface area contributed by atoms with Gasteiger partial charge in [-0.3, -0.25) is 4.79 Å². The smallest absolute Gasteiger partial charge is 0.224 e. The summed E-state index contributed by atoms with van der Waals surface area (Å²) in [5.41, 5.74) is 5.66. The van der Waals surface area contributed by atoms with E-state index < -0.39 is 0 Å². The molecule has 0 radical (unpaired) electrons. The summed E-state index contributed by atoms with van der Waals surface area (Å²) in [6.07, 6.45) is 0.820. The Labute approximate surface area is 118 Å². The normalized spacial score (nSPS) is 14.6. The molecule has 0 aromatic carbocycles. The van der Waals surface area contributed by atoms with E-state index in [2.05, 4.69) is 19.2 Å². The average molecular weight is 289 g/mol. The predicted molar refractivity (Wildman–Crippen MR) is 77.9 cm³/mol. The second kappa shape index (κ2) is 7.12. The molecule has 0 saturated heterocycles. The van der Waals surface area contributed by atoms with E-state index in [-0.39, 0.29) is 17.9 Å². The van der Waals surface area contributed by atoms with Crippen molar-refractivity contribution < 1.29 is 4.79 Å². The molecule has 1 aromatic heterocycles. The van der Waals surface area contributed by atoms with Crippen LogP contribution in [0.3, 0.4) is 0 Å². The quantitative estimate of drug-likeness (QED) is 0.844. The minimum Gasteiger partial charge on any atom is -0.348 e. The van der Waals surface area contributed by atoms with E-state index in [1.807, 2.05) is 19.1 Å². The summed E-state index contributed by atoms with van der Waals surface area (Å²) in [7, 11) is 0. The fraction of sp³-hybridized carbons (Fsp3) is 0.615. The molecular weight excluding hydrogens is 268 g/mol. The molecule has 3 N–H and O–H groups in total. The van der Waals surface area contributed by atoms with Crippen LogP contribution in [0.4, 0.5) is 0 Å². The first-order valence-electron chi connectivity index (χ1n) is 6.19. The van der Waals surface area contributed by atoms with Gasteiger partial charge < -0.3 is 11.1 Å². The maximum absolute atomic E-state index is 12.1. The zero-order chi connectivity index (χ0) is 13.7. The third-order valence-corrected chi connectivity index (χ3v) is 4.20. The molecule has 0 aliphatic carbocycles. The van der Waals surface area contributed by atoms with Crippen LogP contribution in [0.1, 0.15) is 38.1 Å². The van der Waals surface area contributed by atoms with Crippen molar-refractivity contribution in [3.8, 4) is 0 Å². The molecule has 0 aliphatic heterocycles. The molecule has 18 heavy (non-hydrogen) atoms. The number of hydrogen-bond acceptors (Lipinski definition) is 3. The van der Waals surface area contributed by atoms with Crippen LogP contribution >= 0.6 is 22.9 Å². The van der Waals surface area contributed by atoms with Crippen molar-refractivity contribution in [2.45, 2.75) is 33.2 Å². The summed E-state index contributed by atoms with van der Waals surface area (Å²) in [5.74, 6) is 0.391. The molecule has 1 amide bonds. The number of rotatable bonds is 6. The Morgan fingerprint density at radius 2 is 2.11 bits per heavy atom. The molecule has 102 valence electrons. The fourth-order valence-electron chi connectivity index (χ4n) is 1.84. The van der Waals surface area contributed by atoms with Gasteiger partial charge in [0.1, 0.15) is 0 Å². The van der Waals surface area contributed by atoms with E-state index in [0.717, 1.165) is 15.6 Å². The van der Waals surface area contributed by atoms with E-state index in [9.17, 15) is 4.79 Å². The summed E-state index contributed by atoms with van der Waals surface area (Å²) in [5, 5.41) is 3.00. The van der Waals surface area contributed by atoms with Crippen molar-refractivity contribution >= 4 is 28.8 Å². The summed E-state index contributed by atoms with van der Waals surface area (Å²) in [6.45, 7) is 6.54. The lowest BCUT2D eigenvalue weighted by atomic mass is 9.96. The monoisotopic (exact) mass is 288 g/mol. The first-order valence-corrected chi connectivity index (χ1v) is 7.39. The molecule has 1 heterocycles. The summed E-state index contributed by atoms with van der Waals surface area (Å²) in [4.78, 5) is 13.1. The first-order chi connectivity index (χ1) is 8.43. The lowest BCUT2D eigenvalue weighted by molar-refractivity contribution is -0.125. The zero-order valence-electron chi connectivity index (χ0n) is 11.1. The van der Waals surface area contributed by atoms with Gasteiger partial charge in [0.25, 0.3) is 0 Å². The van der Waals surface area contributed by atoms with E-state index in [1.165, 1.54) is 11.3 Å². The summed E-state index contributed by atoms with van der Waals surface area (Å²) in [6, 6.07) is 3.77. The second-order valence-corrected chi connectivity index (χ2v) is 6.68. The van der Waals surface area contributed by atoms with Crippen molar-refractivity contribution in [2.75, 3.05) is 6.54 Å². The Balaban J connectivity index is 2.57. The average Bonchev–Trinajstić information content (AvgIpc) is 2.72. The van der Waals surface area contributed by atoms with Gasteiger partial charge in [0.05, 0.1) is 16.3 Å². The lowest BCUT2D eigenvalue weighted by Gasteiger charge is -2.19. The molecule has 3 nitrogen and oxygen atoms in total. The largest absolute Gasteiger partial charge is 0.348 e. The zero-order valence-corrected chi connectivity index (χ0v) is 12.6. The third kappa shape index (κ3) is 4.59. The van der Waals surface area contributed by atoms with Crippen molar-refractivity contribution in [1.82, 2.24) is 5.32 Å². The molecule has 0 aliphatic rings. The summed E-state index contributed by atoms with van der Waals surface area (Å²) < 4.78 is 0.739. The molecular formula is C13H21ClN2OS. The molecule has 2 unspecified atom stereocenters. The van der Waals surface area contributed by atoms with Gasteiger partial charge in [-0.15, -0.1) is 11.3 Å². The minimum atomic E-state index is -0.108. The van der Waals surface area contributed by atoms with Gasteiger partial charge in [-0.2, -0.15) is 0 Å². The minimum absolute atomic E-state index is 0.0174. The number of hydrogen-bond donors (Lipinski definition) is 2. The van der Waals surface area contributed by atoms with Crippen molar-refractivity contribution in [3.05, 3.63) is 21.3 Å². The molecule has 1 aromatic rings. The highest BCUT2D eigenvalue weighted by Gasteiger charge is 2.20. The highest BCUT2D eigenvalue weighted by atomic mass is 35.5. The molecule has 0 saturated carbocycles. The van der Waals surface area contributed by atoms with Gasteiger partial charge in [-0.1, -0.05) is 25.4 Å². The van der Waals surface area contributed by atoms with E-state index in [1.54, 1.807) is 0 Å². The molecule has 0 bridgehead atoms. The van der Waals surface area contributed by atoms with Crippen LogP contribution in [0.25, 0.3) is 0 Å². The van der Waals surface area contributed by atoms with E-state index in [4.69, 9.17) is 17.3 Å². The van der Waals surface area contributed by atoms with Crippen LogP contribution in [-0.4, -0.2) is 12.5 Å². The summed E-state index contributed by atoms with van der Waals surface area (Å²) >= 11 is 7.38. The Kier molecular flexibility index (Phi) is 6.12. The van der Waals surface area contributed by atoms with Crippen LogP contribution in [0.5, 0.6) is 0 Å². The second-order valence-electron chi connectivity index (χ2n) is 4.93. The SMILES string of the molecule is CC(C)CC(CN)C(=O)NC(C)c1ccc(Cl)s1. The van der Waals surface area contributed by atoms with Crippen molar-refractivity contribution in [2.24, 2.45) is 17.6 Å². The van der Waals surface area contributed by atoms with Crippen LogP contribution in [0, 0.1) is 11.8 Å². The highest BCUT2D eigenvalue weighted by molar-refractivity contribution is 7.16. The van der Waals surface area contributed by atoms with E-state index in [0.29, 0.717) is 12.5 Å². The van der Waals surface area contributed by atoms with Gasteiger partial charge in [0.15, 0.2) is 0 Å². The predicted octanol–water partition coefficient (Wildman–Crippen LogP) is 3.20. The topological polar surface area (TPSA) is 55.1 Å². The Bertz CT molecular complexity index is 392. The lowest BCUT2D eigenvalue weighted by Crippen LogP contribution is -2.37.